The number of aryl methyl sites for hydroxylation is 1. The van der Waals surface area contributed by atoms with E-state index in [1.807, 2.05) is 49.6 Å². The van der Waals surface area contributed by atoms with Crippen LogP contribution in [0, 0.1) is 6.92 Å². The van der Waals surface area contributed by atoms with Crippen LogP contribution in [0.1, 0.15) is 25.2 Å². The molecule has 4 aromatic rings. The van der Waals surface area contributed by atoms with Crippen molar-refractivity contribution in [2.75, 3.05) is 12.3 Å². The molecule has 0 saturated carbocycles. The molecule has 33 heavy (non-hydrogen) atoms. The van der Waals surface area contributed by atoms with Crippen molar-refractivity contribution in [3.63, 3.8) is 0 Å². The van der Waals surface area contributed by atoms with Crippen molar-refractivity contribution < 1.29 is 4.79 Å². The Morgan fingerprint density at radius 1 is 1.12 bits per heavy atom. The van der Waals surface area contributed by atoms with E-state index in [0.29, 0.717) is 35.0 Å². The van der Waals surface area contributed by atoms with Crippen molar-refractivity contribution >= 4 is 28.6 Å². The highest BCUT2D eigenvalue weighted by Crippen LogP contribution is 2.25. The number of hydrogen-bond acceptors (Lipinski definition) is 6. The Bertz CT molecular complexity index is 1350. The number of rotatable bonds is 8. The first-order valence-corrected chi connectivity index (χ1v) is 11.9. The lowest BCUT2D eigenvalue weighted by molar-refractivity contribution is -0.128. The van der Waals surface area contributed by atoms with E-state index in [4.69, 9.17) is 0 Å². The number of aromatic amines is 1. The monoisotopic (exact) mass is 462 g/mol. The lowest BCUT2D eigenvalue weighted by atomic mass is 10.1. The number of carbonyl (C=O) groups excluding carboxylic acids is 1. The standard InChI is InChI=1S/C24H26N6O2S/c1-4-29(14-20-25-19-12-7-6-11-18(19)23(32)26-20)21(31)15-33-24-28-27-22(30(24)5-2)17-10-8-9-16(3)13-17/h6-13H,4-5,14-15H2,1-3H3,(H,25,26,32). The van der Waals surface area contributed by atoms with Gasteiger partial charge in [0.2, 0.25) is 5.91 Å². The molecular weight excluding hydrogens is 436 g/mol. The van der Waals surface area contributed by atoms with E-state index in [-0.39, 0.29) is 23.8 Å². The van der Waals surface area contributed by atoms with Crippen LogP contribution in [0.4, 0.5) is 0 Å². The van der Waals surface area contributed by atoms with Crippen molar-refractivity contribution in [2.24, 2.45) is 0 Å². The van der Waals surface area contributed by atoms with Gasteiger partial charge in [0.1, 0.15) is 5.82 Å². The van der Waals surface area contributed by atoms with Gasteiger partial charge in [0.15, 0.2) is 11.0 Å². The topological polar surface area (TPSA) is 96.8 Å². The van der Waals surface area contributed by atoms with Gasteiger partial charge >= 0.3 is 0 Å². The molecule has 0 bridgehead atoms. The second kappa shape index (κ2) is 9.99. The number of para-hydroxylation sites is 1. The Kier molecular flexibility index (Phi) is 6.88. The van der Waals surface area contributed by atoms with Crippen molar-refractivity contribution in [2.45, 2.75) is 39.0 Å². The highest BCUT2D eigenvalue weighted by molar-refractivity contribution is 7.99. The third-order valence-electron chi connectivity index (χ3n) is 5.37. The van der Waals surface area contributed by atoms with Gasteiger partial charge in [-0.25, -0.2) is 4.98 Å². The van der Waals surface area contributed by atoms with Crippen LogP contribution in [0.25, 0.3) is 22.3 Å². The van der Waals surface area contributed by atoms with Gasteiger partial charge in [0.05, 0.1) is 23.2 Å². The van der Waals surface area contributed by atoms with Crippen LogP contribution in [0.5, 0.6) is 0 Å². The molecule has 8 nitrogen and oxygen atoms in total. The number of hydrogen-bond donors (Lipinski definition) is 1. The van der Waals surface area contributed by atoms with Crippen LogP contribution >= 0.6 is 11.8 Å². The minimum Gasteiger partial charge on any atom is -0.335 e. The fourth-order valence-corrected chi connectivity index (χ4v) is 4.57. The zero-order valence-electron chi connectivity index (χ0n) is 18.9. The molecular formula is C24H26N6O2S. The maximum atomic E-state index is 12.9. The Morgan fingerprint density at radius 3 is 2.70 bits per heavy atom. The highest BCUT2D eigenvalue weighted by Gasteiger charge is 2.18. The number of benzene rings is 2. The number of nitrogens with zero attached hydrogens (tertiary/aromatic N) is 5. The summed E-state index contributed by atoms with van der Waals surface area (Å²) in [6.45, 7) is 7.44. The van der Waals surface area contributed by atoms with E-state index < -0.39 is 0 Å². The van der Waals surface area contributed by atoms with Crippen LogP contribution in [-0.4, -0.2) is 47.8 Å². The lowest BCUT2D eigenvalue weighted by Gasteiger charge is -2.20. The molecule has 0 atom stereocenters. The second-order valence-electron chi connectivity index (χ2n) is 7.65. The first-order valence-electron chi connectivity index (χ1n) is 10.9. The van der Waals surface area contributed by atoms with Gasteiger partial charge in [0, 0.05) is 18.7 Å². The molecule has 0 radical (unpaired) electrons. The first kappa shape index (κ1) is 22.7. The lowest BCUT2D eigenvalue weighted by Crippen LogP contribution is -2.33. The summed E-state index contributed by atoms with van der Waals surface area (Å²) < 4.78 is 2.02. The Hall–Kier alpha value is -3.46. The van der Waals surface area contributed by atoms with Crippen molar-refractivity contribution in [3.05, 3.63) is 70.3 Å². The number of H-pyrrole nitrogens is 1. The largest absolute Gasteiger partial charge is 0.335 e. The molecule has 0 unspecified atom stereocenters. The van der Waals surface area contributed by atoms with Gasteiger partial charge in [0.25, 0.3) is 5.56 Å². The molecule has 2 aromatic heterocycles. The Morgan fingerprint density at radius 2 is 1.94 bits per heavy atom. The molecule has 2 heterocycles. The number of nitrogens with one attached hydrogen (secondary N) is 1. The van der Waals surface area contributed by atoms with Crippen molar-refractivity contribution in [1.82, 2.24) is 29.6 Å². The van der Waals surface area contributed by atoms with Crippen LogP contribution in [0.15, 0.2) is 58.5 Å². The first-order chi connectivity index (χ1) is 16.0. The maximum absolute atomic E-state index is 12.9. The zero-order valence-corrected chi connectivity index (χ0v) is 19.7. The summed E-state index contributed by atoms with van der Waals surface area (Å²) >= 11 is 1.37. The summed E-state index contributed by atoms with van der Waals surface area (Å²) in [6, 6.07) is 15.3. The van der Waals surface area contributed by atoms with E-state index >= 15 is 0 Å². The number of amides is 1. The molecule has 0 spiro atoms. The second-order valence-corrected chi connectivity index (χ2v) is 8.59. The van der Waals surface area contributed by atoms with E-state index in [9.17, 15) is 9.59 Å². The summed E-state index contributed by atoms with van der Waals surface area (Å²) in [5.41, 5.74) is 2.58. The average Bonchev–Trinajstić information content (AvgIpc) is 3.24. The van der Waals surface area contributed by atoms with E-state index in [2.05, 4.69) is 26.2 Å². The average molecular weight is 463 g/mol. The number of carbonyl (C=O) groups is 1. The number of thioether (sulfide) groups is 1. The van der Waals surface area contributed by atoms with Crippen LogP contribution in [0.3, 0.4) is 0 Å². The fraction of sp³-hybridized carbons (Fsp3) is 0.292. The summed E-state index contributed by atoms with van der Waals surface area (Å²) in [7, 11) is 0. The third kappa shape index (κ3) is 4.98. The molecule has 170 valence electrons. The van der Waals surface area contributed by atoms with Crippen LogP contribution in [-0.2, 0) is 17.9 Å². The fourth-order valence-electron chi connectivity index (χ4n) is 3.66. The third-order valence-corrected chi connectivity index (χ3v) is 6.32. The molecule has 0 aliphatic carbocycles. The van der Waals surface area contributed by atoms with Gasteiger partial charge in [-0.1, -0.05) is 47.7 Å². The number of aromatic nitrogens is 5. The number of fused-ring (bicyclic) bond motifs is 1. The quantitative estimate of drug-likeness (QED) is 0.402. The minimum atomic E-state index is -0.201. The predicted molar refractivity (Wildman–Crippen MR) is 130 cm³/mol. The van der Waals surface area contributed by atoms with E-state index in [0.717, 1.165) is 17.0 Å². The molecule has 1 amide bonds. The zero-order chi connectivity index (χ0) is 23.4. The van der Waals surface area contributed by atoms with E-state index in [1.54, 1.807) is 23.1 Å². The van der Waals surface area contributed by atoms with Gasteiger partial charge in [-0.15, -0.1) is 10.2 Å². The van der Waals surface area contributed by atoms with Gasteiger partial charge < -0.3 is 14.5 Å². The molecule has 4 rings (SSSR count). The Balaban J connectivity index is 1.47. The van der Waals surface area contributed by atoms with Crippen LogP contribution in [0.2, 0.25) is 0 Å². The summed E-state index contributed by atoms with van der Waals surface area (Å²) in [4.78, 5) is 34.3. The maximum Gasteiger partial charge on any atom is 0.258 e. The molecule has 0 aliphatic heterocycles. The molecule has 0 fully saturated rings. The highest BCUT2D eigenvalue weighted by atomic mass is 32.2. The molecule has 1 N–H and O–H groups in total. The summed E-state index contributed by atoms with van der Waals surface area (Å²) in [6.07, 6.45) is 0. The molecule has 0 saturated heterocycles. The summed E-state index contributed by atoms with van der Waals surface area (Å²) in [5, 5.41) is 9.93. The molecule has 2 aromatic carbocycles. The van der Waals surface area contributed by atoms with Crippen molar-refractivity contribution in [3.8, 4) is 11.4 Å². The molecule has 9 heteroatoms. The van der Waals surface area contributed by atoms with Gasteiger partial charge in [-0.3, -0.25) is 9.59 Å². The molecule has 0 aliphatic rings. The summed E-state index contributed by atoms with van der Waals surface area (Å²) in [5.74, 6) is 1.43. The normalized spacial score (nSPS) is 11.1. The minimum absolute atomic E-state index is 0.0546. The predicted octanol–water partition coefficient (Wildman–Crippen LogP) is 3.65. The van der Waals surface area contributed by atoms with Crippen LogP contribution < -0.4 is 5.56 Å². The van der Waals surface area contributed by atoms with E-state index in [1.165, 1.54) is 11.8 Å². The van der Waals surface area contributed by atoms with Gasteiger partial charge in [-0.05, 0) is 39.0 Å². The Labute approximate surface area is 196 Å². The van der Waals surface area contributed by atoms with Crippen molar-refractivity contribution in [1.29, 1.82) is 0 Å². The SMILES string of the molecule is CCN(Cc1nc2ccccc2c(=O)[nH]1)C(=O)CSc1nnc(-c2cccc(C)c2)n1CC. The smallest absolute Gasteiger partial charge is 0.258 e. The van der Waals surface area contributed by atoms with Gasteiger partial charge in [-0.2, -0.15) is 0 Å².